The number of carbonyl (C=O) groups is 1. The molecule has 0 spiro atoms. The van der Waals surface area contributed by atoms with E-state index in [9.17, 15) is 22.4 Å². The van der Waals surface area contributed by atoms with Crippen LogP contribution in [0.1, 0.15) is 18.9 Å². The Morgan fingerprint density at radius 3 is 2.35 bits per heavy atom. The zero-order chi connectivity index (χ0) is 15.4. The zero-order valence-corrected chi connectivity index (χ0v) is 11.1. The average Bonchev–Trinajstić information content (AvgIpc) is 2.40. The number of halogens is 4. The molecule has 0 aromatic heterocycles. The maximum atomic E-state index is 13.9. The Hall–Kier alpha value is -1.63. The van der Waals surface area contributed by atoms with E-state index in [-0.39, 0.29) is 12.0 Å². The molecule has 0 heterocycles. The molecule has 0 aliphatic carbocycles. The van der Waals surface area contributed by atoms with Crippen molar-refractivity contribution in [3.63, 3.8) is 0 Å². The van der Waals surface area contributed by atoms with Crippen molar-refractivity contribution in [1.82, 2.24) is 5.32 Å². The molecule has 0 aliphatic rings. The van der Waals surface area contributed by atoms with Gasteiger partial charge in [-0.3, -0.25) is 5.32 Å². The van der Waals surface area contributed by atoms with Crippen molar-refractivity contribution in [2.75, 3.05) is 13.7 Å². The number of ether oxygens (including phenoxy) is 1. The van der Waals surface area contributed by atoms with Crippen LogP contribution in [-0.2, 0) is 15.1 Å². The summed E-state index contributed by atoms with van der Waals surface area (Å²) in [6, 6.07) is 5.18. The van der Waals surface area contributed by atoms with Gasteiger partial charge in [-0.05, 0) is 12.5 Å². The van der Waals surface area contributed by atoms with E-state index >= 15 is 0 Å². The van der Waals surface area contributed by atoms with Crippen molar-refractivity contribution in [1.29, 1.82) is 0 Å². The molecule has 0 amide bonds. The predicted octanol–water partition coefficient (Wildman–Crippen LogP) is 2.76. The Balaban J connectivity index is 3.26. The Morgan fingerprint density at radius 1 is 1.30 bits per heavy atom. The number of benzene rings is 1. The summed E-state index contributed by atoms with van der Waals surface area (Å²) >= 11 is 0. The van der Waals surface area contributed by atoms with Crippen LogP contribution in [0.15, 0.2) is 24.3 Å². The van der Waals surface area contributed by atoms with Crippen LogP contribution in [0.25, 0.3) is 0 Å². The molecule has 112 valence electrons. The maximum absolute atomic E-state index is 13.9. The fraction of sp³-hybridized carbons (Fsp3) is 0.462. The highest BCUT2D eigenvalue weighted by molar-refractivity contribution is 5.82. The SMILES string of the molecule is CCC(NCC(F)(F)F)(C(=O)OC)c1ccccc1F. The number of hydrogen-bond donors (Lipinski definition) is 1. The maximum Gasteiger partial charge on any atom is 0.401 e. The molecule has 1 N–H and O–H groups in total. The van der Waals surface area contributed by atoms with Gasteiger partial charge in [0.1, 0.15) is 11.4 Å². The minimum absolute atomic E-state index is 0.0866. The third kappa shape index (κ3) is 3.47. The lowest BCUT2D eigenvalue weighted by molar-refractivity contribution is -0.154. The minimum Gasteiger partial charge on any atom is -0.467 e. The molecule has 20 heavy (non-hydrogen) atoms. The van der Waals surface area contributed by atoms with Gasteiger partial charge in [-0.2, -0.15) is 13.2 Å². The number of nitrogens with one attached hydrogen (secondary N) is 1. The molecule has 0 saturated carbocycles. The van der Waals surface area contributed by atoms with E-state index in [2.05, 4.69) is 10.1 Å². The Kier molecular flexibility index (Phi) is 5.10. The minimum atomic E-state index is -4.53. The van der Waals surface area contributed by atoms with Crippen LogP contribution in [0.3, 0.4) is 0 Å². The first kappa shape index (κ1) is 16.4. The summed E-state index contributed by atoms with van der Waals surface area (Å²) in [6.07, 6.45) is -4.61. The summed E-state index contributed by atoms with van der Waals surface area (Å²) in [4.78, 5) is 11.9. The quantitative estimate of drug-likeness (QED) is 0.670. The standard InChI is InChI=1S/C13H15F4NO2/c1-3-12(11(19)20-2,18-8-13(15,16)17)9-6-4-5-7-10(9)14/h4-7,18H,3,8H2,1-2H3. The van der Waals surface area contributed by atoms with Gasteiger partial charge in [-0.15, -0.1) is 0 Å². The third-order valence-electron chi connectivity index (χ3n) is 2.99. The Morgan fingerprint density at radius 2 is 1.90 bits per heavy atom. The molecule has 0 saturated heterocycles. The lowest BCUT2D eigenvalue weighted by Gasteiger charge is -2.32. The highest BCUT2D eigenvalue weighted by atomic mass is 19.4. The number of esters is 1. The van der Waals surface area contributed by atoms with Gasteiger partial charge in [-0.25, -0.2) is 9.18 Å². The molecule has 1 aromatic carbocycles. The first-order chi connectivity index (χ1) is 9.27. The van der Waals surface area contributed by atoms with Gasteiger partial charge in [0, 0.05) is 5.56 Å². The van der Waals surface area contributed by atoms with Gasteiger partial charge < -0.3 is 4.74 Å². The molecule has 0 bridgehead atoms. The van der Waals surface area contributed by atoms with Crippen LogP contribution in [0.5, 0.6) is 0 Å². The van der Waals surface area contributed by atoms with Crippen LogP contribution in [-0.4, -0.2) is 25.8 Å². The average molecular weight is 293 g/mol. The Labute approximate surface area is 113 Å². The molecule has 0 aliphatic heterocycles. The largest absolute Gasteiger partial charge is 0.467 e. The van der Waals surface area contributed by atoms with Gasteiger partial charge in [-0.1, -0.05) is 25.1 Å². The monoisotopic (exact) mass is 293 g/mol. The highest BCUT2D eigenvalue weighted by Crippen LogP contribution is 2.30. The normalized spacial score (nSPS) is 14.7. The lowest BCUT2D eigenvalue weighted by atomic mass is 9.86. The van der Waals surface area contributed by atoms with Gasteiger partial charge in [0.25, 0.3) is 0 Å². The number of hydrogen-bond acceptors (Lipinski definition) is 3. The molecule has 0 fully saturated rings. The third-order valence-corrected chi connectivity index (χ3v) is 2.99. The second-order valence-corrected chi connectivity index (χ2v) is 4.20. The first-order valence-corrected chi connectivity index (χ1v) is 5.92. The van der Waals surface area contributed by atoms with Gasteiger partial charge >= 0.3 is 12.1 Å². The molecule has 3 nitrogen and oxygen atoms in total. The number of alkyl halides is 3. The van der Waals surface area contributed by atoms with E-state index in [1.54, 1.807) is 0 Å². The fourth-order valence-electron chi connectivity index (χ4n) is 1.97. The molecule has 0 radical (unpaired) electrons. The smallest absolute Gasteiger partial charge is 0.401 e. The summed E-state index contributed by atoms with van der Waals surface area (Å²) in [5, 5.41) is 2.09. The van der Waals surface area contributed by atoms with Gasteiger partial charge in [0.2, 0.25) is 0 Å². The Bertz CT molecular complexity index is 476. The van der Waals surface area contributed by atoms with E-state index in [0.29, 0.717) is 0 Å². The summed E-state index contributed by atoms with van der Waals surface area (Å²) in [6.45, 7) is 0.0526. The molecule has 1 aromatic rings. The molecular formula is C13H15F4NO2. The van der Waals surface area contributed by atoms with E-state index < -0.39 is 30.0 Å². The summed E-state index contributed by atoms with van der Waals surface area (Å²) in [5.41, 5.74) is -2.03. The number of carbonyl (C=O) groups excluding carboxylic acids is 1. The molecule has 1 atom stereocenters. The summed E-state index contributed by atoms with van der Waals surface area (Å²) < 4.78 is 55.6. The first-order valence-electron chi connectivity index (χ1n) is 5.92. The van der Waals surface area contributed by atoms with Crippen LogP contribution >= 0.6 is 0 Å². The highest BCUT2D eigenvalue weighted by Gasteiger charge is 2.44. The molecule has 7 heteroatoms. The van der Waals surface area contributed by atoms with Crippen LogP contribution in [0.4, 0.5) is 17.6 Å². The topological polar surface area (TPSA) is 38.3 Å². The second kappa shape index (κ2) is 6.21. The van der Waals surface area contributed by atoms with E-state index in [4.69, 9.17) is 0 Å². The van der Waals surface area contributed by atoms with E-state index in [1.807, 2.05) is 0 Å². The van der Waals surface area contributed by atoms with Crippen LogP contribution < -0.4 is 5.32 Å². The van der Waals surface area contributed by atoms with Crippen molar-refractivity contribution in [3.8, 4) is 0 Å². The van der Waals surface area contributed by atoms with Crippen LogP contribution in [0.2, 0.25) is 0 Å². The summed E-state index contributed by atoms with van der Waals surface area (Å²) in [7, 11) is 1.04. The van der Waals surface area contributed by atoms with Crippen molar-refractivity contribution in [2.45, 2.75) is 25.1 Å². The van der Waals surface area contributed by atoms with Gasteiger partial charge in [0.05, 0.1) is 13.7 Å². The van der Waals surface area contributed by atoms with Crippen molar-refractivity contribution in [3.05, 3.63) is 35.6 Å². The van der Waals surface area contributed by atoms with E-state index in [1.165, 1.54) is 25.1 Å². The summed E-state index contributed by atoms with van der Waals surface area (Å²) in [5.74, 6) is -1.73. The van der Waals surface area contributed by atoms with E-state index in [0.717, 1.165) is 13.2 Å². The molecule has 1 unspecified atom stereocenters. The fourth-order valence-corrected chi connectivity index (χ4v) is 1.97. The van der Waals surface area contributed by atoms with Crippen molar-refractivity contribution < 1.29 is 27.1 Å². The number of rotatable bonds is 5. The van der Waals surface area contributed by atoms with Crippen molar-refractivity contribution in [2.24, 2.45) is 0 Å². The van der Waals surface area contributed by atoms with Gasteiger partial charge in [0.15, 0.2) is 0 Å². The lowest BCUT2D eigenvalue weighted by Crippen LogP contribution is -2.52. The zero-order valence-electron chi connectivity index (χ0n) is 11.1. The predicted molar refractivity (Wildman–Crippen MR) is 64.4 cm³/mol. The second-order valence-electron chi connectivity index (χ2n) is 4.20. The van der Waals surface area contributed by atoms with Crippen LogP contribution in [0, 0.1) is 5.82 Å². The molecule has 1 rings (SSSR count). The molecular weight excluding hydrogens is 278 g/mol. The number of methoxy groups -OCH3 is 1. The van der Waals surface area contributed by atoms with Crippen molar-refractivity contribution >= 4 is 5.97 Å².